The number of anilines is 1. The number of amides is 2. The fourth-order valence-corrected chi connectivity index (χ4v) is 6.01. The summed E-state index contributed by atoms with van der Waals surface area (Å²) in [5.74, 6) is -0.741. The standard InChI is InChI=1S/C29H33Cl2N3O5S/c1-5-16-32-29(36)21(3)33(18-23-24(30)12-9-13-25(23)31)28(35)19-34(26-17-20(2)14-15-27(26)39-4)40(37,38)22-10-7-6-8-11-22/h6-15,17,21H,5,16,18-19H2,1-4H3,(H,32,36)/t21-/m1/s1. The number of hydrogen-bond donors (Lipinski definition) is 1. The van der Waals surface area contributed by atoms with Gasteiger partial charge in [0, 0.05) is 28.7 Å². The summed E-state index contributed by atoms with van der Waals surface area (Å²) in [5.41, 5.74) is 1.40. The highest BCUT2D eigenvalue weighted by atomic mass is 35.5. The predicted octanol–water partition coefficient (Wildman–Crippen LogP) is 5.45. The minimum Gasteiger partial charge on any atom is -0.495 e. The van der Waals surface area contributed by atoms with Crippen LogP contribution in [0.3, 0.4) is 0 Å². The van der Waals surface area contributed by atoms with Gasteiger partial charge in [-0.25, -0.2) is 8.42 Å². The van der Waals surface area contributed by atoms with Crippen LogP contribution in [0.25, 0.3) is 0 Å². The number of halogens is 2. The van der Waals surface area contributed by atoms with Crippen molar-refractivity contribution in [3.63, 3.8) is 0 Å². The fourth-order valence-electron chi connectivity index (χ4n) is 4.06. The monoisotopic (exact) mass is 605 g/mol. The van der Waals surface area contributed by atoms with E-state index in [9.17, 15) is 18.0 Å². The number of aryl methyl sites for hydroxylation is 1. The molecular weight excluding hydrogens is 573 g/mol. The van der Waals surface area contributed by atoms with Crippen LogP contribution in [-0.2, 0) is 26.2 Å². The second-order valence-electron chi connectivity index (χ2n) is 9.19. The molecule has 11 heteroatoms. The molecule has 0 aromatic heterocycles. The van der Waals surface area contributed by atoms with Gasteiger partial charge in [0.25, 0.3) is 10.0 Å². The fraction of sp³-hybridized carbons (Fsp3) is 0.310. The molecular formula is C29H33Cl2N3O5S. The maximum Gasteiger partial charge on any atom is 0.264 e. The Morgan fingerprint density at radius 3 is 2.25 bits per heavy atom. The van der Waals surface area contributed by atoms with Gasteiger partial charge in [0.2, 0.25) is 11.8 Å². The summed E-state index contributed by atoms with van der Waals surface area (Å²) in [6, 6.07) is 16.9. The van der Waals surface area contributed by atoms with Crippen molar-refractivity contribution < 1.29 is 22.7 Å². The van der Waals surface area contributed by atoms with Gasteiger partial charge in [-0.2, -0.15) is 0 Å². The zero-order chi connectivity index (χ0) is 29.4. The van der Waals surface area contributed by atoms with Crippen LogP contribution < -0.4 is 14.4 Å². The first-order valence-electron chi connectivity index (χ1n) is 12.7. The van der Waals surface area contributed by atoms with Crippen molar-refractivity contribution in [3.8, 4) is 5.75 Å². The van der Waals surface area contributed by atoms with E-state index in [0.717, 1.165) is 9.87 Å². The molecule has 3 rings (SSSR count). The summed E-state index contributed by atoms with van der Waals surface area (Å²) in [4.78, 5) is 28.3. The highest BCUT2D eigenvalue weighted by molar-refractivity contribution is 7.92. The molecule has 0 fully saturated rings. The van der Waals surface area contributed by atoms with Crippen molar-refractivity contribution in [1.29, 1.82) is 0 Å². The SMILES string of the molecule is CCCNC(=O)[C@@H](C)N(Cc1c(Cl)cccc1Cl)C(=O)CN(c1cc(C)ccc1OC)S(=O)(=O)c1ccccc1. The van der Waals surface area contributed by atoms with Crippen molar-refractivity contribution in [2.75, 3.05) is 24.5 Å². The number of methoxy groups -OCH3 is 1. The van der Waals surface area contributed by atoms with Crippen LogP contribution in [0.5, 0.6) is 5.75 Å². The topological polar surface area (TPSA) is 96.0 Å². The highest BCUT2D eigenvalue weighted by Gasteiger charge is 2.34. The number of carbonyl (C=O) groups excluding carboxylic acids is 2. The van der Waals surface area contributed by atoms with E-state index in [-0.39, 0.29) is 28.8 Å². The molecule has 3 aromatic rings. The largest absolute Gasteiger partial charge is 0.495 e. The molecule has 0 aliphatic rings. The molecule has 1 N–H and O–H groups in total. The highest BCUT2D eigenvalue weighted by Crippen LogP contribution is 2.34. The van der Waals surface area contributed by atoms with Crippen molar-refractivity contribution in [1.82, 2.24) is 10.2 Å². The predicted molar refractivity (Wildman–Crippen MR) is 158 cm³/mol. The van der Waals surface area contributed by atoms with Crippen LogP contribution in [0.2, 0.25) is 10.0 Å². The van der Waals surface area contributed by atoms with E-state index in [1.165, 1.54) is 24.1 Å². The minimum absolute atomic E-state index is 0.000736. The average molecular weight is 607 g/mol. The molecule has 0 heterocycles. The van der Waals surface area contributed by atoms with E-state index in [4.69, 9.17) is 27.9 Å². The summed E-state index contributed by atoms with van der Waals surface area (Å²) in [6.45, 7) is 5.01. The van der Waals surface area contributed by atoms with Crippen LogP contribution in [0.4, 0.5) is 5.69 Å². The van der Waals surface area contributed by atoms with E-state index < -0.39 is 28.5 Å². The van der Waals surface area contributed by atoms with E-state index >= 15 is 0 Å². The first-order chi connectivity index (χ1) is 19.0. The molecule has 40 heavy (non-hydrogen) atoms. The second-order valence-corrected chi connectivity index (χ2v) is 11.9. The van der Waals surface area contributed by atoms with Gasteiger partial charge in [0.05, 0.1) is 17.7 Å². The van der Waals surface area contributed by atoms with Gasteiger partial charge in [0.15, 0.2) is 0 Å². The van der Waals surface area contributed by atoms with E-state index in [1.54, 1.807) is 61.5 Å². The number of sulfonamides is 1. The van der Waals surface area contributed by atoms with Crippen molar-refractivity contribution in [3.05, 3.63) is 87.9 Å². The zero-order valence-electron chi connectivity index (χ0n) is 22.9. The number of ether oxygens (including phenoxy) is 1. The van der Waals surface area contributed by atoms with Crippen molar-refractivity contribution in [2.24, 2.45) is 0 Å². The summed E-state index contributed by atoms with van der Waals surface area (Å²) in [6.07, 6.45) is 0.707. The van der Waals surface area contributed by atoms with Crippen molar-refractivity contribution in [2.45, 2.75) is 44.7 Å². The molecule has 0 spiro atoms. The van der Waals surface area contributed by atoms with Gasteiger partial charge in [-0.1, -0.05) is 60.5 Å². The molecule has 2 amide bonds. The lowest BCUT2D eigenvalue weighted by molar-refractivity contribution is -0.139. The van der Waals surface area contributed by atoms with Crippen LogP contribution in [0.1, 0.15) is 31.4 Å². The molecule has 1 atom stereocenters. The quantitative estimate of drug-likeness (QED) is 0.296. The second kappa shape index (κ2) is 13.9. The third kappa shape index (κ3) is 7.27. The number of hydrogen-bond acceptors (Lipinski definition) is 5. The van der Waals surface area contributed by atoms with E-state index in [0.29, 0.717) is 28.6 Å². The smallest absolute Gasteiger partial charge is 0.264 e. The summed E-state index contributed by atoms with van der Waals surface area (Å²) in [5, 5.41) is 3.44. The third-order valence-electron chi connectivity index (χ3n) is 6.32. The Bertz CT molecular complexity index is 1430. The zero-order valence-corrected chi connectivity index (χ0v) is 25.2. The Labute approximate surface area is 245 Å². The van der Waals surface area contributed by atoms with Gasteiger partial charge in [-0.05, 0) is 62.2 Å². The number of rotatable bonds is 12. The van der Waals surface area contributed by atoms with Crippen molar-refractivity contribution >= 4 is 50.7 Å². The summed E-state index contributed by atoms with van der Waals surface area (Å²) >= 11 is 12.8. The van der Waals surface area contributed by atoms with Gasteiger partial charge in [-0.15, -0.1) is 0 Å². The molecule has 3 aromatic carbocycles. The molecule has 0 aliphatic heterocycles. The van der Waals surface area contributed by atoms with Crippen LogP contribution >= 0.6 is 23.2 Å². The normalized spacial score (nSPS) is 11.9. The lowest BCUT2D eigenvalue weighted by atomic mass is 10.1. The number of benzene rings is 3. The first kappa shape index (κ1) is 31.3. The molecule has 0 saturated carbocycles. The van der Waals surface area contributed by atoms with Crippen LogP contribution in [0, 0.1) is 6.92 Å². The Hall–Kier alpha value is -3.27. The molecule has 0 saturated heterocycles. The number of nitrogens with zero attached hydrogens (tertiary/aromatic N) is 2. The van der Waals surface area contributed by atoms with Gasteiger partial charge < -0.3 is 15.0 Å². The summed E-state index contributed by atoms with van der Waals surface area (Å²) in [7, 11) is -2.80. The number of nitrogens with one attached hydrogen (secondary N) is 1. The molecule has 0 unspecified atom stereocenters. The lowest BCUT2D eigenvalue weighted by Crippen LogP contribution is -2.51. The Balaban J connectivity index is 2.12. The van der Waals surface area contributed by atoms with Gasteiger partial charge in [0.1, 0.15) is 18.3 Å². The van der Waals surface area contributed by atoms with Crippen LogP contribution in [0.15, 0.2) is 71.6 Å². The minimum atomic E-state index is -4.23. The molecule has 0 radical (unpaired) electrons. The maximum atomic E-state index is 14.0. The maximum absolute atomic E-state index is 14.0. The molecule has 8 nitrogen and oxygen atoms in total. The van der Waals surface area contributed by atoms with Gasteiger partial charge >= 0.3 is 0 Å². The Kier molecular flexibility index (Phi) is 10.8. The average Bonchev–Trinajstić information content (AvgIpc) is 2.94. The Morgan fingerprint density at radius 1 is 1.00 bits per heavy atom. The molecule has 0 aliphatic carbocycles. The molecule has 0 bridgehead atoms. The Morgan fingerprint density at radius 2 is 1.65 bits per heavy atom. The first-order valence-corrected chi connectivity index (χ1v) is 14.9. The third-order valence-corrected chi connectivity index (χ3v) is 8.80. The van der Waals surface area contributed by atoms with Crippen LogP contribution in [-0.4, -0.2) is 51.4 Å². The lowest BCUT2D eigenvalue weighted by Gasteiger charge is -2.32. The van der Waals surface area contributed by atoms with Gasteiger partial charge in [-0.3, -0.25) is 13.9 Å². The summed E-state index contributed by atoms with van der Waals surface area (Å²) < 4.78 is 34.4. The van der Waals surface area contributed by atoms with E-state index in [2.05, 4.69) is 5.32 Å². The van der Waals surface area contributed by atoms with E-state index in [1.807, 2.05) is 13.8 Å². The molecule has 214 valence electrons. The number of carbonyl (C=O) groups is 2.